The van der Waals surface area contributed by atoms with E-state index in [0.717, 1.165) is 12.3 Å². The third-order valence-corrected chi connectivity index (χ3v) is 3.79. The smallest absolute Gasteiger partial charge is 0.233 e. The first kappa shape index (κ1) is 15.4. The van der Waals surface area contributed by atoms with Crippen LogP contribution in [0.25, 0.3) is 0 Å². The van der Waals surface area contributed by atoms with Gasteiger partial charge in [0, 0.05) is 26.3 Å². The molecule has 2 N–H and O–H groups in total. The average Bonchev–Trinajstić information content (AvgIpc) is 2.42. The molecule has 106 valence electrons. The minimum Gasteiger partial charge on any atom is -0.385 e. The lowest BCUT2D eigenvalue weighted by Gasteiger charge is -2.28. The highest BCUT2D eigenvalue weighted by atomic mass is 16.5. The second-order valence-corrected chi connectivity index (χ2v) is 5.26. The molecule has 0 heterocycles. The van der Waals surface area contributed by atoms with Crippen LogP contribution in [0.4, 0.5) is 0 Å². The zero-order valence-electron chi connectivity index (χ0n) is 11.8. The molecule has 1 saturated carbocycles. The Bertz CT molecular complexity index is 228. The van der Waals surface area contributed by atoms with Crippen LogP contribution in [0, 0.1) is 5.92 Å². The van der Waals surface area contributed by atoms with Gasteiger partial charge in [-0.25, -0.2) is 0 Å². The number of amides is 1. The van der Waals surface area contributed by atoms with Gasteiger partial charge in [-0.2, -0.15) is 0 Å². The second kappa shape index (κ2) is 9.34. The van der Waals surface area contributed by atoms with Crippen molar-refractivity contribution in [2.24, 2.45) is 5.92 Å². The minimum atomic E-state index is 0.0914. The van der Waals surface area contributed by atoms with Crippen LogP contribution < -0.4 is 10.6 Å². The molecule has 4 heteroatoms. The fourth-order valence-corrected chi connectivity index (χ4v) is 2.56. The maximum absolute atomic E-state index is 11.6. The lowest BCUT2D eigenvalue weighted by Crippen LogP contribution is -2.42. The van der Waals surface area contributed by atoms with Crippen LogP contribution in [-0.2, 0) is 9.53 Å². The molecule has 0 aliphatic heterocycles. The Balaban J connectivity index is 2.05. The van der Waals surface area contributed by atoms with Crippen LogP contribution in [0.1, 0.15) is 45.4 Å². The minimum absolute atomic E-state index is 0.0914. The number of rotatable bonds is 8. The van der Waals surface area contributed by atoms with E-state index in [1.165, 1.54) is 32.1 Å². The highest BCUT2D eigenvalue weighted by Crippen LogP contribution is 2.26. The summed E-state index contributed by atoms with van der Waals surface area (Å²) in [6.45, 7) is 4.04. The number of hydrogen-bond acceptors (Lipinski definition) is 3. The normalized spacial score (nSPS) is 18.6. The van der Waals surface area contributed by atoms with Gasteiger partial charge < -0.3 is 15.4 Å². The lowest BCUT2D eigenvalue weighted by molar-refractivity contribution is -0.120. The molecular weight excluding hydrogens is 228 g/mol. The highest BCUT2D eigenvalue weighted by Gasteiger charge is 2.19. The molecule has 0 aromatic heterocycles. The molecule has 1 aliphatic carbocycles. The number of nitrogens with one attached hydrogen (secondary N) is 2. The second-order valence-electron chi connectivity index (χ2n) is 5.26. The lowest BCUT2D eigenvalue weighted by atomic mass is 9.84. The van der Waals surface area contributed by atoms with Gasteiger partial charge in [0.25, 0.3) is 0 Å². The summed E-state index contributed by atoms with van der Waals surface area (Å²) in [6.07, 6.45) is 7.57. The topological polar surface area (TPSA) is 50.4 Å². The van der Waals surface area contributed by atoms with Gasteiger partial charge in [-0.05, 0) is 32.1 Å². The highest BCUT2D eigenvalue weighted by molar-refractivity contribution is 5.77. The summed E-state index contributed by atoms with van der Waals surface area (Å²) in [7, 11) is 1.68. The van der Waals surface area contributed by atoms with Crippen molar-refractivity contribution in [3.05, 3.63) is 0 Å². The van der Waals surface area contributed by atoms with E-state index in [0.29, 0.717) is 25.7 Å². The Morgan fingerprint density at radius 3 is 2.72 bits per heavy atom. The van der Waals surface area contributed by atoms with E-state index in [1.54, 1.807) is 7.11 Å². The predicted octanol–water partition coefficient (Wildman–Crippen LogP) is 1.70. The Morgan fingerprint density at radius 1 is 1.33 bits per heavy atom. The molecule has 1 amide bonds. The van der Waals surface area contributed by atoms with Crippen LogP contribution in [0.5, 0.6) is 0 Å². The van der Waals surface area contributed by atoms with Crippen molar-refractivity contribution in [3.8, 4) is 0 Å². The van der Waals surface area contributed by atoms with Crippen molar-refractivity contribution < 1.29 is 9.53 Å². The summed E-state index contributed by atoms with van der Waals surface area (Å²) < 4.78 is 4.93. The number of hydrogen-bond donors (Lipinski definition) is 2. The first-order valence-electron chi connectivity index (χ1n) is 7.23. The molecule has 1 fully saturated rings. The van der Waals surface area contributed by atoms with Gasteiger partial charge in [0.15, 0.2) is 0 Å². The molecule has 1 rings (SSSR count). The molecule has 1 atom stereocenters. The zero-order chi connectivity index (χ0) is 13.2. The number of carbonyl (C=O) groups is 1. The van der Waals surface area contributed by atoms with Gasteiger partial charge in [-0.1, -0.05) is 19.3 Å². The molecule has 4 nitrogen and oxygen atoms in total. The van der Waals surface area contributed by atoms with Crippen molar-refractivity contribution >= 4 is 5.91 Å². The standard InChI is InChI=1S/C14H28N2O2/c1-12(13-7-4-3-5-8-13)16-11-14(17)15-9-6-10-18-2/h12-13,16H,3-11H2,1-2H3,(H,15,17)/t12-/m0/s1. The summed E-state index contributed by atoms with van der Waals surface area (Å²) in [5.41, 5.74) is 0. The molecule has 0 spiro atoms. The summed E-state index contributed by atoms with van der Waals surface area (Å²) in [5, 5.41) is 6.24. The molecule has 1 aliphatic rings. The zero-order valence-corrected chi connectivity index (χ0v) is 11.8. The maximum Gasteiger partial charge on any atom is 0.233 e. The molecule has 0 unspecified atom stereocenters. The summed E-state index contributed by atoms with van der Waals surface area (Å²) >= 11 is 0. The van der Waals surface area contributed by atoms with E-state index in [9.17, 15) is 4.79 Å². The Labute approximate surface area is 111 Å². The van der Waals surface area contributed by atoms with Gasteiger partial charge in [-0.15, -0.1) is 0 Å². The third kappa shape index (κ3) is 6.36. The van der Waals surface area contributed by atoms with Crippen LogP contribution in [0.15, 0.2) is 0 Å². The fourth-order valence-electron chi connectivity index (χ4n) is 2.56. The molecule has 0 aromatic rings. The fraction of sp³-hybridized carbons (Fsp3) is 0.929. The number of carbonyl (C=O) groups excluding carboxylic acids is 1. The Kier molecular flexibility index (Phi) is 8.01. The first-order valence-corrected chi connectivity index (χ1v) is 7.23. The van der Waals surface area contributed by atoms with Gasteiger partial charge in [0.2, 0.25) is 5.91 Å². The summed E-state index contributed by atoms with van der Waals surface area (Å²) in [6, 6.07) is 0.454. The number of ether oxygens (including phenoxy) is 1. The van der Waals surface area contributed by atoms with Gasteiger partial charge in [-0.3, -0.25) is 4.79 Å². The molecule has 0 saturated heterocycles. The third-order valence-electron chi connectivity index (χ3n) is 3.79. The van der Waals surface area contributed by atoms with Gasteiger partial charge in [0.05, 0.1) is 6.54 Å². The first-order chi connectivity index (χ1) is 8.74. The van der Waals surface area contributed by atoms with E-state index >= 15 is 0 Å². The van der Waals surface area contributed by atoms with Crippen molar-refractivity contribution in [2.45, 2.75) is 51.5 Å². The van der Waals surface area contributed by atoms with E-state index in [2.05, 4.69) is 17.6 Å². The molecule has 18 heavy (non-hydrogen) atoms. The van der Waals surface area contributed by atoms with Crippen molar-refractivity contribution in [1.82, 2.24) is 10.6 Å². The molecule has 0 bridgehead atoms. The summed E-state index contributed by atoms with van der Waals surface area (Å²) in [4.78, 5) is 11.6. The largest absolute Gasteiger partial charge is 0.385 e. The number of methoxy groups -OCH3 is 1. The van der Waals surface area contributed by atoms with Crippen LogP contribution >= 0.6 is 0 Å². The molecule has 0 radical (unpaired) electrons. The predicted molar refractivity (Wildman–Crippen MR) is 73.5 cm³/mol. The maximum atomic E-state index is 11.6. The quantitative estimate of drug-likeness (QED) is 0.650. The monoisotopic (exact) mass is 256 g/mol. The average molecular weight is 256 g/mol. The van der Waals surface area contributed by atoms with Gasteiger partial charge >= 0.3 is 0 Å². The summed E-state index contributed by atoms with van der Waals surface area (Å²) in [5.74, 6) is 0.841. The Morgan fingerprint density at radius 2 is 2.06 bits per heavy atom. The van der Waals surface area contributed by atoms with Crippen molar-refractivity contribution in [2.75, 3.05) is 26.8 Å². The van der Waals surface area contributed by atoms with Crippen molar-refractivity contribution in [3.63, 3.8) is 0 Å². The van der Waals surface area contributed by atoms with E-state index in [4.69, 9.17) is 4.74 Å². The van der Waals surface area contributed by atoms with E-state index < -0.39 is 0 Å². The van der Waals surface area contributed by atoms with Crippen molar-refractivity contribution in [1.29, 1.82) is 0 Å². The van der Waals surface area contributed by atoms with Crippen LogP contribution in [0.2, 0.25) is 0 Å². The van der Waals surface area contributed by atoms with Gasteiger partial charge in [0.1, 0.15) is 0 Å². The van der Waals surface area contributed by atoms with E-state index in [1.807, 2.05) is 0 Å². The Hall–Kier alpha value is -0.610. The molecular formula is C14H28N2O2. The van der Waals surface area contributed by atoms with Crippen LogP contribution in [0.3, 0.4) is 0 Å². The van der Waals surface area contributed by atoms with E-state index in [-0.39, 0.29) is 5.91 Å². The SMILES string of the molecule is COCCCNC(=O)CN[C@@H](C)C1CCCCC1. The molecule has 0 aromatic carbocycles. The van der Waals surface area contributed by atoms with Crippen LogP contribution in [-0.4, -0.2) is 38.8 Å².